The van der Waals surface area contributed by atoms with Gasteiger partial charge < -0.3 is 10.8 Å². The van der Waals surface area contributed by atoms with E-state index in [1.807, 2.05) is 24.3 Å². The van der Waals surface area contributed by atoms with Gasteiger partial charge in [-0.15, -0.1) is 0 Å². The van der Waals surface area contributed by atoms with Crippen LogP contribution in [0.25, 0.3) is 22.3 Å². The van der Waals surface area contributed by atoms with E-state index in [9.17, 15) is 9.90 Å². The second kappa shape index (κ2) is 6.62. The molecule has 6 heteroatoms. The smallest absolute Gasteiger partial charge is 0.239 e. The number of aromatic hydroxyl groups is 1. The number of primary amides is 1. The number of phenols is 1. The number of aromatic nitrogens is 3. The fourth-order valence-electron chi connectivity index (χ4n) is 3.40. The molecule has 0 bridgehead atoms. The molecule has 0 aliphatic heterocycles. The maximum absolute atomic E-state index is 11.5. The molecule has 0 atom stereocenters. The summed E-state index contributed by atoms with van der Waals surface area (Å²) >= 11 is 0. The molecule has 148 valence electrons. The molecule has 0 radical (unpaired) electrons. The molecule has 3 aromatic rings. The number of nitrogens with zero attached hydrogens (tertiary/aromatic N) is 3. The average molecular weight is 380 g/mol. The van der Waals surface area contributed by atoms with Crippen LogP contribution < -0.4 is 5.73 Å². The third kappa shape index (κ3) is 3.59. The molecule has 0 aliphatic carbocycles. The Kier molecular flexibility index (Phi) is 4.69. The largest absolute Gasteiger partial charge is 0.507 e. The Bertz CT molecular complexity index is 1020. The fourth-order valence-corrected chi connectivity index (χ4v) is 3.40. The summed E-state index contributed by atoms with van der Waals surface area (Å²) in [6.45, 7) is 12.4. The van der Waals surface area contributed by atoms with Crippen LogP contribution >= 0.6 is 0 Å². The van der Waals surface area contributed by atoms with Crippen LogP contribution in [0.2, 0.25) is 0 Å². The molecule has 2 heterocycles. The van der Waals surface area contributed by atoms with Crippen molar-refractivity contribution in [3.8, 4) is 17.0 Å². The summed E-state index contributed by atoms with van der Waals surface area (Å²) in [5.74, 6) is -0.152. The van der Waals surface area contributed by atoms with Crippen LogP contribution in [-0.2, 0) is 22.2 Å². The second-order valence-electron chi connectivity index (χ2n) is 9.27. The molecule has 0 aliphatic rings. The minimum absolute atomic E-state index is 0.0378. The fraction of sp³-hybridized carbons (Fsp3) is 0.409. The lowest BCUT2D eigenvalue weighted by atomic mass is 9.78. The molecular weight excluding hydrogens is 352 g/mol. The molecule has 6 nitrogen and oxygen atoms in total. The highest BCUT2D eigenvalue weighted by atomic mass is 16.3. The third-order valence-electron chi connectivity index (χ3n) is 4.81. The number of nitrogens with two attached hydrogens (primary N) is 1. The first-order valence-electron chi connectivity index (χ1n) is 9.38. The van der Waals surface area contributed by atoms with Crippen molar-refractivity contribution in [3.05, 3.63) is 41.6 Å². The van der Waals surface area contributed by atoms with Crippen molar-refractivity contribution in [1.29, 1.82) is 0 Å². The van der Waals surface area contributed by atoms with Gasteiger partial charge in [0, 0.05) is 28.3 Å². The number of carbonyl (C=O) groups excluding carboxylic acids is 1. The van der Waals surface area contributed by atoms with Gasteiger partial charge in [-0.1, -0.05) is 41.5 Å². The zero-order valence-corrected chi connectivity index (χ0v) is 17.4. The number of hydrogen-bond donors (Lipinski definition) is 2. The van der Waals surface area contributed by atoms with E-state index in [1.54, 1.807) is 6.20 Å². The van der Waals surface area contributed by atoms with Crippen LogP contribution in [-0.4, -0.2) is 25.8 Å². The quantitative estimate of drug-likeness (QED) is 0.721. The topological polar surface area (TPSA) is 94.0 Å². The predicted molar refractivity (Wildman–Crippen MR) is 111 cm³/mol. The number of carbonyl (C=O) groups is 1. The third-order valence-corrected chi connectivity index (χ3v) is 4.81. The van der Waals surface area contributed by atoms with Crippen molar-refractivity contribution in [2.75, 3.05) is 0 Å². The molecule has 3 N–H and O–H groups in total. The van der Waals surface area contributed by atoms with Crippen molar-refractivity contribution < 1.29 is 9.90 Å². The van der Waals surface area contributed by atoms with E-state index in [0.29, 0.717) is 11.4 Å². The first kappa shape index (κ1) is 19.9. The molecule has 0 unspecified atom stereocenters. The van der Waals surface area contributed by atoms with E-state index in [-0.39, 0.29) is 17.4 Å². The van der Waals surface area contributed by atoms with Crippen molar-refractivity contribution >= 4 is 16.9 Å². The van der Waals surface area contributed by atoms with Crippen LogP contribution in [0, 0.1) is 0 Å². The van der Waals surface area contributed by atoms with E-state index in [4.69, 9.17) is 5.73 Å². The zero-order chi connectivity index (χ0) is 20.9. The molecule has 0 spiro atoms. The van der Waals surface area contributed by atoms with Gasteiger partial charge in [0.2, 0.25) is 5.91 Å². The molecule has 3 rings (SSSR count). The zero-order valence-electron chi connectivity index (χ0n) is 17.4. The van der Waals surface area contributed by atoms with E-state index < -0.39 is 5.91 Å². The minimum atomic E-state index is -0.474. The molecule has 0 saturated heterocycles. The van der Waals surface area contributed by atoms with Crippen LogP contribution in [0.5, 0.6) is 5.75 Å². The summed E-state index contributed by atoms with van der Waals surface area (Å²) in [6.07, 6.45) is 1.67. The highest BCUT2D eigenvalue weighted by Gasteiger charge is 2.28. The van der Waals surface area contributed by atoms with E-state index in [1.165, 1.54) is 4.68 Å². The van der Waals surface area contributed by atoms with Crippen LogP contribution in [0.4, 0.5) is 0 Å². The van der Waals surface area contributed by atoms with Gasteiger partial charge in [0.1, 0.15) is 18.0 Å². The molecule has 2 aromatic heterocycles. The van der Waals surface area contributed by atoms with Gasteiger partial charge >= 0.3 is 0 Å². The summed E-state index contributed by atoms with van der Waals surface area (Å²) in [4.78, 5) is 15.9. The monoisotopic (exact) mass is 380 g/mol. The Morgan fingerprint density at radius 2 is 1.68 bits per heavy atom. The Labute approximate surface area is 165 Å². The summed E-state index contributed by atoms with van der Waals surface area (Å²) < 4.78 is 1.54. The first-order valence-corrected chi connectivity index (χ1v) is 9.38. The summed E-state index contributed by atoms with van der Waals surface area (Å²) in [5, 5.41) is 16.5. The summed E-state index contributed by atoms with van der Waals surface area (Å²) in [5.41, 5.74) is 8.82. The highest BCUT2D eigenvalue weighted by Crippen LogP contribution is 2.42. The Hall–Kier alpha value is -2.89. The van der Waals surface area contributed by atoms with Gasteiger partial charge in [-0.25, -0.2) is 9.67 Å². The molecule has 28 heavy (non-hydrogen) atoms. The number of hydrogen-bond acceptors (Lipinski definition) is 4. The number of amides is 1. The Morgan fingerprint density at radius 1 is 1.11 bits per heavy atom. The van der Waals surface area contributed by atoms with Gasteiger partial charge in [-0.05, 0) is 35.1 Å². The molecule has 1 aromatic carbocycles. The highest BCUT2D eigenvalue weighted by molar-refractivity contribution is 5.92. The van der Waals surface area contributed by atoms with E-state index in [2.05, 4.69) is 51.6 Å². The van der Waals surface area contributed by atoms with E-state index >= 15 is 0 Å². The maximum atomic E-state index is 11.5. The van der Waals surface area contributed by atoms with Crippen molar-refractivity contribution in [3.63, 3.8) is 0 Å². The molecule has 0 fully saturated rings. The maximum Gasteiger partial charge on any atom is 0.239 e. The van der Waals surface area contributed by atoms with E-state index in [0.717, 1.165) is 27.8 Å². The van der Waals surface area contributed by atoms with Crippen molar-refractivity contribution in [2.45, 2.75) is 58.9 Å². The molecular formula is C22H28N4O2. The van der Waals surface area contributed by atoms with Gasteiger partial charge in [0.15, 0.2) is 5.65 Å². The molecule has 1 amide bonds. The normalized spacial score (nSPS) is 12.5. The number of pyridine rings is 1. The van der Waals surface area contributed by atoms with Gasteiger partial charge in [-0.3, -0.25) is 4.79 Å². The number of phenolic OH excluding ortho intramolecular Hbond substituents is 1. The van der Waals surface area contributed by atoms with Gasteiger partial charge in [0.25, 0.3) is 0 Å². The number of benzene rings is 1. The van der Waals surface area contributed by atoms with Crippen LogP contribution in [0.3, 0.4) is 0 Å². The lowest BCUT2D eigenvalue weighted by molar-refractivity contribution is -0.118. The SMILES string of the molecule is CC(C)(C)c1cc(-c2nn(CC(N)=O)c3ncccc23)cc(C(C)(C)C)c1O. The first-order chi connectivity index (χ1) is 12.9. The van der Waals surface area contributed by atoms with Gasteiger partial charge in [0.05, 0.1) is 0 Å². The minimum Gasteiger partial charge on any atom is -0.507 e. The number of fused-ring (bicyclic) bond motifs is 1. The standard InChI is InChI=1S/C22H28N4O2/c1-21(2,3)15-10-13(11-16(19(15)28)22(4,5)6)18-14-8-7-9-24-20(14)26(25-18)12-17(23)27/h7-11,28H,12H2,1-6H3,(H2,23,27). The van der Waals surface area contributed by atoms with Crippen LogP contribution in [0.1, 0.15) is 52.7 Å². The summed E-state index contributed by atoms with van der Waals surface area (Å²) in [7, 11) is 0. The summed E-state index contributed by atoms with van der Waals surface area (Å²) in [6, 6.07) is 7.74. The second-order valence-corrected chi connectivity index (χ2v) is 9.27. The average Bonchev–Trinajstić information content (AvgIpc) is 2.91. The lowest BCUT2D eigenvalue weighted by Gasteiger charge is -2.28. The van der Waals surface area contributed by atoms with Gasteiger partial charge in [-0.2, -0.15) is 5.10 Å². The van der Waals surface area contributed by atoms with Crippen LogP contribution in [0.15, 0.2) is 30.5 Å². The van der Waals surface area contributed by atoms with Crippen molar-refractivity contribution in [1.82, 2.24) is 14.8 Å². The predicted octanol–water partition coefficient (Wildman–Crippen LogP) is 3.88. The molecule has 0 saturated carbocycles. The lowest BCUT2D eigenvalue weighted by Crippen LogP contribution is -2.19. The Morgan fingerprint density at radius 3 is 2.18 bits per heavy atom. The van der Waals surface area contributed by atoms with Crippen molar-refractivity contribution in [2.24, 2.45) is 5.73 Å². The number of rotatable bonds is 3. The Balaban J connectivity index is 2.34.